The summed E-state index contributed by atoms with van der Waals surface area (Å²) >= 11 is 0. The van der Waals surface area contributed by atoms with Crippen LogP contribution < -0.4 is 10.4 Å². The standard InChI is InChI=1S/C24H26N4O3/c29-23(27-12-10-19(11-13-27)28-16-25-26-24(28)30)22-14-21(22)18-6-8-20(9-7-18)31-15-17-4-2-1-3-5-17/h1-9,16,19,21-22H,10-15H2,(H,26,30). The van der Waals surface area contributed by atoms with E-state index < -0.39 is 0 Å². The van der Waals surface area contributed by atoms with Crippen molar-refractivity contribution in [1.29, 1.82) is 0 Å². The summed E-state index contributed by atoms with van der Waals surface area (Å²) in [6.45, 7) is 1.93. The summed E-state index contributed by atoms with van der Waals surface area (Å²) in [5, 5.41) is 6.24. The number of aromatic amines is 1. The van der Waals surface area contributed by atoms with Crippen molar-refractivity contribution in [2.24, 2.45) is 5.92 Å². The smallest absolute Gasteiger partial charge is 0.343 e. The number of amides is 1. The monoisotopic (exact) mass is 418 g/mol. The van der Waals surface area contributed by atoms with Gasteiger partial charge in [-0.2, -0.15) is 5.10 Å². The minimum absolute atomic E-state index is 0.0734. The third-order valence-electron chi connectivity index (χ3n) is 6.41. The van der Waals surface area contributed by atoms with Crippen LogP contribution in [0.1, 0.15) is 42.3 Å². The molecular weight excluding hydrogens is 392 g/mol. The molecule has 1 aromatic heterocycles. The van der Waals surface area contributed by atoms with Gasteiger partial charge in [0.25, 0.3) is 0 Å². The van der Waals surface area contributed by atoms with E-state index in [4.69, 9.17) is 4.74 Å². The molecule has 2 aliphatic rings. The number of benzene rings is 2. The minimum Gasteiger partial charge on any atom is -0.489 e. The van der Waals surface area contributed by atoms with Crippen molar-refractivity contribution in [2.75, 3.05) is 13.1 Å². The normalized spacial score (nSPS) is 21.1. The lowest BCUT2D eigenvalue weighted by atomic mass is 10.0. The molecule has 7 nitrogen and oxygen atoms in total. The van der Waals surface area contributed by atoms with Gasteiger partial charge in [0.15, 0.2) is 0 Å². The number of likely N-dealkylation sites (tertiary alicyclic amines) is 1. The van der Waals surface area contributed by atoms with Gasteiger partial charge in [-0.25, -0.2) is 9.89 Å². The Morgan fingerprint density at radius 3 is 2.48 bits per heavy atom. The number of H-pyrrole nitrogens is 1. The van der Waals surface area contributed by atoms with E-state index in [2.05, 4.69) is 22.3 Å². The fourth-order valence-electron chi connectivity index (χ4n) is 4.50. The largest absolute Gasteiger partial charge is 0.489 e. The van der Waals surface area contributed by atoms with Crippen LogP contribution in [0.3, 0.4) is 0 Å². The molecule has 2 heterocycles. The molecule has 2 unspecified atom stereocenters. The maximum absolute atomic E-state index is 12.9. The number of nitrogens with zero attached hydrogens (tertiary/aromatic N) is 3. The van der Waals surface area contributed by atoms with Gasteiger partial charge in [-0.05, 0) is 48.4 Å². The first kappa shape index (κ1) is 19.6. The molecule has 2 atom stereocenters. The Bertz CT molecular complexity index is 1080. The average Bonchev–Trinajstić information content (AvgIpc) is 3.51. The topological polar surface area (TPSA) is 80.2 Å². The summed E-state index contributed by atoms with van der Waals surface area (Å²) in [5.74, 6) is 1.45. The Balaban J connectivity index is 1.12. The second-order valence-electron chi connectivity index (χ2n) is 8.42. The third kappa shape index (κ3) is 4.26. The molecule has 0 radical (unpaired) electrons. The van der Waals surface area contributed by atoms with Gasteiger partial charge in [0.05, 0.1) is 0 Å². The number of hydrogen-bond donors (Lipinski definition) is 1. The molecule has 160 valence electrons. The van der Waals surface area contributed by atoms with Gasteiger partial charge in [-0.1, -0.05) is 42.5 Å². The van der Waals surface area contributed by atoms with Crippen LogP contribution in [0, 0.1) is 5.92 Å². The Kier molecular flexibility index (Phi) is 5.32. The second kappa shape index (κ2) is 8.41. The highest BCUT2D eigenvalue weighted by molar-refractivity contribution is 5.83. The van der Waals surface area contributed by atoms with Crippen LogP contribution in [-0.2, 0) is 11.4 Å². The van der Waals surface area contributed by atoms with Crippen LogP contribution in [0.4, 0.5) is 0 Å². The third-order valence-corrected chi connectivity index (χ3v) is 6.41. The van der Waals surface area contributed by atoms with E-state index in [9.17, 15) is 9.59 Å². The Hall–Kier alpha value is -3.35. The molecule has 3 aromatic rings. The van der Waals surface area contributed by atoms with Crippen LogP contribution in [0.15, 0.2) is 65.7 Å². The van der Waals surface area contributed by atoms with E-state index in [0.717, 1.165) is 30.6 Å². The molecule has 1 aliphatic carbocycles. The molecule has 31 heavy (non-hydrogen) atoms. The molecule has 2 aromatic carbocycles. The highest BCUT2D eigenvalue weighted by atomic mass is 16.5. The molecule has 5 rings (SSSR count). The number of aromatic nitrogens is 3. The summed E-state index contributed by atoms with van der Waals surface area (Å²) in [4.78, 5) is 26.7. The van der Waals surface area contributed by atoms with E-state index in [-0.39, 0.29) is 23.6 Å². The molecular formula is C24H26N4O3. The zero-order valence-electron chi connectivity index (χ0n) is 17.3. The van der Waals surface area contributed by atoms with Crippen LogP contribution in [0.5, 0.6) is 5.75 Å². The number of piperidine rings is 1. The predicted molar refractivity (Wildman–Crippen MR) is 116 cm³/mol. The van der Waals surface area contributed by atoms with Crippen molar-refractivity contribution < 1.29 is 9.53 Å². The van der Waals surface area contributed by atoms with Crippen LogP contribution in [-0.4, -0.2) is 38.7 Å². The molecule has 1 N–H and O–H groups in total. The van der Waals surface area contributed by atoms with Crippen molar-refractivity contribution in [3.63, 3.8) is 0 Å². The van der Waals surface area contributed by atoms with Gasteiger partial charge in [-0.3, -0.25) is 9.36 Å². The van der Waals surface area contributed by atoms with Gasteiger partial charge < -0.3 is 9.64 Å². The highest BCUT2D eigenvalue weighted by Crippen LogP contribution is 2.49. The lowest BCUT2D eigenvalue weighted by Crippen LogP contribution is -2.41. The first-order chi connectivity index (χ1) is 15.2. The molecule has 1 saturated heterocycles. The molecule has 2 fully saturated rings. The number of hydrogen-bond acceptors (Lipinski definition) is 4. The minimum atomic E-state index is -0.178. The van der Waals surface area contributed by atoms with E-state index in [1.165, 1.54) is 5.56 Å². The van der Waals surface area contributed by atoms with E-state index in [1.807, 2.05) is 47.4 Å². The van der Waals surface area contributed by atoms with Gasteiger partial charge in [-0.15, -0.1) is 0 Å². The van der Waals surface area contributed by atoms with E-state index in [0.29, 0.717) is 25.6 Å². The lowest BCUT2D eigenvalue weighted by Gasteiger charge is -2.32. The first-order valence-electron chi connectivity index (χ1n) is 10.9. The van der Waals surface area contributed by atoms with Gasteiger partial charge >= 0.3 is 5.69 Å². The lowest BCUT2D eigenvalue weighted by molar-refractivity contribution is -0.134. The summed E-state index contributed by atoms with van der Waals surface area (Å²) in [6.07, 6.45) is 4.03. The second-order valence-corrected chi connectivity index (χ2v) is 8.42. The first-order valence-corrected chi connectivity index (χ1v) is 10.9. The molecule has 1 saturated carbocycles. The van der Waals surface area contributed by atoms with Crippen LogP contribution in [0.2, 0.25) is 0 Å². The van der Waals surface area contributed by atoms with E-state index in [1.54, 1.807) is 10.9 Å². The number of ether oxygens (including phenoxy) is 1. The molecule has 1 aliphatic heterocycles. The van der Waals surface area contributed by atoms with Crippen molar-refractivity contribution in [3.05, 3.63) is 82.5 Å². The Morgan fingerprint density at radius 2 is 1.81 bits per heavy atom. The van der Waals surface area contributed by atoms with Gasteiger partial charge in [0.2, 0.25) is 5.91 Å². The number of nitrogens with one attached hydrogen (secondary N) is 1. The SMILES string of the molecule is O=C(C1CC1c1ccc(OCc2ccccc2)cc1)N1CCC(n2cn[nH]c2=O)CC1. The maximum atomic E-state index is 12.9. The van der Waals surface area contributed by atoms with Crippen molar-refractivity contribution in [2.45, 2.75) is 37.8 Å². The van der Waals surface area contributed by atoms with Gasteiger partial charge in [0.1, 0.15) is 18.7 Å². The number of rotatable bonds is 6. The molecule has 1 amide bonds. The summed E-state index contributed by atoms with van der Waals surface area (Å²) in [6, 6.07) is 18.4. The van der Waals surface area contributed by atoms with Crippen molar-refractivity contribution in [1.82, 2.24) is 19.7 Å². The highest BCUT2D eigenvalue weighted by Gasteiger charge is 2.46. The fourth-order valence-corrected chi connectivity index (χ4v) is 4.50. The van der Waals surface area contributed by atoms with Crippen LogP contribution in [0.25, 0.3) is 0 Å². The molecule has 7 heteroatoms. The molecule has 0 spiro atoms. The zero-order chi connectivity index (χ0) is 21.2. The summed E-state index contributed by atoms with van der Waals surface area (Å²) in [7, 11) is 0. The Morgan fingerprint density at radius 1 is 1.06 bits per heavy atom. The number of carbonyl (C=O) groups is 1. The number of carbonyl (C=O) groups excluding carboxylic acids is 1. The van der Waals surface area contributed by atoms with Crippen molar-refractivity contribution in [3.8, 4) is 5.75 Å². The Labute approximate surface area is 180 Å². The van der Waals surface area contributed by atoms with Crippen molar-refractivity contribution >= 4 is 5.91 Å². The van der Waals surface area contributed by atoms with Gasteiger partial charge in [0, 0.05) is 25.0 Å². The van der Waals surface area contributed by atoms with Crippen LogP contribution >= 0.6 is 0 Å². The maximum Gasteiger partial charge on any atom is 0.343 e. The molecule has 0 bridgehead atoms. The fraction of sp³-hybridized carbons (Fsp3) is 0.375. The quantitative estimate of drug-likeness (QED) is 0.667. The predicted octanol–water partition coefficient (Wildman–Crippen LogP) is 3.12. The summed E-state index contributed by atoms with van der Waals surface area (Å²) < 4.78 is 7.50. The van der Waals surface area contributed by atoms with E-state index >= 15 is 0 Å². The summed E-state index contributed by atoms with van der Waals surface area (Å²) in [5.41, 5.74) is 2.16. The average molecular weight is 418 g/mol. The zero-order valence-corrected chi connectivity index (χ0v) is 17.3.